The van der Waals surface area contributed by atoms with Crippen molar-refractivity contribution in [2.24, 2.45) is 0 Å². The molecule has 0 radical (unpaired) electrons. The number of hydrogen-bond donors (Lipinski definition) is 1. The van der Waals surface area contributed by atoms with E-state index < -0.39 is 0 Å². The third-order valence-corrected chi connectivity index (χ3v) is 3.92. The van der Waals surface area contributed by atoms with E-state index in [1.54, 1.807) is 41.3 Å². The molecule has 7 heteroatoms. The standard InChI is InChI=1S/C15H10BrClN4O/c16-12-4-2-1-3-11(12)15(22)20-13-7-10(17)5-6-14(13)21-9-18-8-19-21/h1-9H,(H,20,22). The molecule has 0 saturated heterocycles. The van der Waals surface area contributed by atoms with E-state index in [0.29, 0.717) is 22.0 Å². The van der Waals surface area contributed by atoms with Crippen molar-refractivity contribution in [3.8, 4) is 5.69 Å². The molecule has 0 fully saturated rings. The Balaban J connectivity index is 1.97. The van der Waals surface area contributed by atoms with E-state index in [1.807, 2.05) is 12.1 Å². The summed E-state index contributed by atoms with van der Waals surface area (Å²) < 4.78 is 2.28. The van der Waals surface area contributed by atoms with E-state index in [1.165, 1.54) is 6.33 Å². The van der Waals surface area contributed by atoms with Crippen molar-refractivity contribution in [2.45, 2.75) is 0 Å². The number of nitrogens with zero attached hydrogens (tertiary/aromatic N) is 3. The largest absolute Gasteiger partial charge is 0.320 e. The lowest BCUT2D eigenvalue weighted by molar-refractivity contribution is 0.102. The minimum absolute atomic E-state index is 0.240. The molecular weight excluding hydrogens is 368 g/mol. The van der Waals surface area contributed by atoms with E-state index in [4.69, 9.17) is 11.6 Å². The van der Waals surface area contributed by atoms with Crippen LogP contribution in [0.1, 0.15) is 10.4 Å². The van der Waals surface area contributed by atoms with Crippen molar-refractivity contribution in [1.29, 1.82) is 0 Å². The molecule has 1 amide bonds. The summed E-state index contributed by atoms with van der Waals surface area (Å²) in [6.07, 6.45) is 2.98. The zero-order valence-corrected chi connectivity index (χ0v) is 13.5. The molecule has 1 N–H and O–H groups in total. The predicted molar refractivity (Wildman–Crippen MR) is 88.5 cm³/mol. The summed E-state index contributed by atoms with van der Waals surface area (Å²) in [5, 5.41) is 7.45. The van der Waals surface area contributed by atoms with Crippen molar-refractivity contribution in [1.82, 2.24) is 14.8 Å². The van der Waals surface area contributed by atoms with Crippen molar-refractivity contribution < 1.29 is 4.79 Å². The molecule has 3 rings (SSSR count). The lowest BCUT2D eigenvalue weighted by Gasteiger charge is -2.12. The highest BCUT2D eigenvalue weighted by Gasteiger charge is 2.13. The van der Waals surface area contributed by atoms with Crippen LogP contribution in [0.4, 0.5) is 5.69 Å². The van der Waals surface area contributed by atoms with E-state index in [9.17, 15) is 4.79 Å². The van der Waals surface area contributed by atoms with Gasteiger partial charge in [0.2, 0.25) is 0 Å². The fourth-order valence-corrected chi connectivity index (χ4v) is 2.61. The van der Waals surface area contributed by atoms with E-state index >= 15 is 0 Å². The topological polar surface area (TPSA) is 59.8 Å². The molecule has 0 atom stereocenters. The quantitative estimate of drug-likeness (QED) is 0.752. The molecule has 0 spiro atoms. The first-order valence-corrected chi connectivity index (χ1v) is 7.52. The van der Waals surface area contributed by atoms with Crippen LogP contribution < -0.4 is 5.32 Å². The van der Waals surface area contributed by atoms with Crippen LogP contribution in [0.2, 0.25) is 5.02 Å². The predicted octanol–water partition coefficient (Wildman–Crippen LogP) is 3.94. The number of rotatable bonds is 3. The second kappa shape index (κ2) is 6.29. The van der Waals surface area contributed by atoms with Crippen LogP contribution in [0.25, 0.3) is 5.69 Å². The van der Waals surface area contributed by atoms with Crippen molar-refractivity contribution >= 4 is 39.1 Å². The van der Waals surface area contributed by atoms with Crippen LogP contribution >= 0.6 is 27.5 Å². The molecule has 110 valence electrons. The normalized spacial score (nSPS) is 10.5. The van der Waals surface area contributed by atoms with Gasteiger partial charge in [0.1, 0.15) is 12.7 Å². The first-order valence-electron chi connectivity index (χ1n) is 6.35. The summed E-state index contributed by atoms with van der Waals surface area (Å²) in [6.45, 7) is 0. The van der Waals surface area contributed by atoms with Gasteiger partial charge in [-0.2, -0.15) is 5.10 Å². The Morgan fingerprint density at radius 2 is 2.05 bits per heavy atom. The van der Waals surface area contributed by atoms with Crippen molar-refractivity contribution in [3.63, 3.8) is 0 Å². The summed E-state index contributed by atoms with van der Waals surface area (Å²) >= 11 is 9.40. The zero-order chi connectivity index (χ0) is 15.5. The summed E-state index contributed by atoms with van der Waals surface area (Å²) in [6, 6.07) is 12.4. The van der Waals surface area contributed by atoms with Crippen LogP contribution in [0.3, 0.4) is 0 Å². The summed E-state index contributed by atoms with van der Waals surface area (Å²) in [5.41, 5.74) is 1.77. The van der Waals surface area contributed by atoms with E-state index in [2.05, 4.69) is 31.3 Å². The number of anilines is 1. The van der Waals surface area contributed by atoms with Gasteiger partial charge in [-0.25, -0.2) is 9.67 Å². The maximum Gasteiger partial charge on any atom is 0.256 e. The van der Waals surface area contributed by atoms with Crippen LogP contribution in [0.15, 0.2) is 59.6 Å². The molecule has 0 aliphatic rings. The van der Waals surface area contributed by atoms with Crippen molar-refractivity contribution in [2.75, 3.05) is 5.32 Å². The van der Waals surface area contributed by atoms with Crippen molar-refractivity contribution in [3.05, 3.63) is 70.2 Å². The number of aromatic nitrogens is 3. The average molecular weight is 378 g/mol. The van der Waals surface area contributed by atoms with Crippen LogP contribution in [0, 0.1) is 0 Å². The van der Waals surface area contributed by atoms with E-state index in [-0.39, 0.29) is 5.91 Å². The molecule has 5 nitrogen and oxygen atoms in total. The first-order chi connectivity index (χ1) is 10.6. The molecule has 0 bridgehead atoms. The van der Waals surface area contributed by atoms with E-state index in [0.717, 1.165) is 4.47 Å². The molecule has 1 heterocycles. The van der Waals surface area contributed by atoms with Crippen LogP contribution in [0.5, 0.6) is 0 Å². The van der Waals surface area contributed by atoms with Gasteiger partial charge in [-0.1, -0.05) is 23.7 Å². The molecule has 22 heavy (non-hydrogen) atoms. The van der Waals surface area contributed by atoms with Gasteiger partial charge in [0, 0.05) is 9.50 Å². The summed E-state index contributed by atoms with van der Waals surface area (Å²) in [5.74, 6) is -0.240. The number of nitrogens with one attached hydrogen (secondary N) is 1. The lowest BCUT2D eigenvalue weighted by atomic mass is 10.2. The SMILES string of the molecule is O=C(Nc1cc(Cl)ccc1-n1cncn1)c1ccccc1Br. The Labute approximate surface area is 140 Å². The third kappa shape index (κ3) is 3.03. The van der Waals surface area contributed by atoms with Gasteiger partial charge in [-0.05, 0) is 46.3 Å². The first kappa shape index (κ1) is 14.7. The highest BCUT2D eigenvalue weighted by atomic mass is 79.9. The second-order valence-electron chi connectivity index (χ2n) is 4.44. The van der Waals surface area contributed by atoms with Gasteiger partial charge in [-0.3, -0.25) is 4.79 Å². The smallest absolute Gasteiger partial charge is 0.256 e. The fraction of sp³-hybridized carbons (Fsp3) is 0. The zero-order valence-electron chi connectivity index (χ0n) is 11.2. The number of hydrogen-bond acceptors (Lipinski definition) is 3. The number of carbonyl (C=O) groups excluding carboxylic acids is 1. The van der Waals surface area contributed by atoms with Crippen LogP contribution in [-0.4, -0.2) is 20.7 Å². The summed E-state index contributed by atoms with van der Waals surface area (Å²) in [4.78, 5) is 16.4. The van der Waals surface area contributed by atoms with Gasteiger partial charge >= 0.3 is 0 Å². The molecular formula is C15H10BrClN4O. The molecule has 2 aromatic carbocycles. The number of benzene rings is 2. The Morgan fingerprint density at radius 1 is 1.23 bits per heavy atom. The van der Waals surface area contributed by atoms with Gasteiger partial charge in [0.15, 0.2) is 0 Å². The maximum absolute atomic E-state index is 12.4. The molecule has 0 aliphatic heterocycles. The molecule has 1 aromatic heterocycles. The van der Waals surface area contributed by atoms with Gasteiger partial charge in [0.05, 0.1) is 16.9 Å². The number of amides is 1. The minimum atomic E-state index is -0.240. The molecule has 3 aromatic rings. The Morgan fingerprint density at radius 3 is 2.77 bits per heavy atom. The Bertz CT molecular complexity index is 820. The molecule has 0 unspecified atom stereocenters. The highest BCUT2D eigenvalue weighted by Crippen LogP contribution is 2.25. The minimum Gasteiger partial charge on any atom is -0.320 e. The van der Waals surface area contributed by atoms with Gasteiger partial charge in [0.25, 0.3) is 5.91 Å². The number of carbonyl (C=O) groups is 1. The Kier molecular flexibility index (Phi) is 4.22. The average Bonchev–Trinajstić information content (AvgIpc) is 3.02. The van der Waals surface area contributed by atoms with Gasteiger partial charge < -0.3 is 5.32 Å². The Hall–Kier alpha value is -2.18. The molecule has 0 aliphatic carbocycles. The second-order valence-corrected chi connectivity index (χ2v) is 5.73. The maximum atomic E-state index is 12.4. The monoisotopic (exact) mass is 376 g/mol. The van der Waals surface area contributed by atoms with Gasteiger partial charge in [-0.15, -0.1) is 0 Å². The lowest BCUT2D eigenvalue weighted by Crippen LogP contribution is -2.14. The van der Waals surface area contributed by atoms with Crippen LogP contribution in [-0.2, 0) is 0 Å². The fourth-order valence-electron chi connectivity index (χ4n) is 1.98. The highest BCUT2D eigenvalue weighted by molar-refractivity contribution is 9.10. The number of halogens is 2. The molecule has 0 saturated carbocycles. The third-order valence-electron chi connectivity index (χ3n) is 2.99. The summed E-state index contributed by atoms with van der Waals surface area (Å²) in [7, 11) is 0.